The Balaban J connectivity index is 2.29. The SMILES string of the molecule is NNC(Cc1cc(Cl)ccc1F)c1ccccc1Br. The van der Waals surface area contributed by atoms with Gasteiger partial charge in [0, 0.05) is 9.50 Å². The molecule has 100 valence electrons. The summed E-state index contributed by atoms with van der Waals surface area (Å²) in [6.45, 7) is 0. The zero-order valence-electron chi connectivity index (χ0n) is 10.0. The molecule has 0 saturated carbocycles. The second-order valence-corrected chi connectivity index (χ2v) is 5.47. The van der Waals surface area contributed by atoms with Gasteiger partial charge in [-0.15, -0.1) is 0 Å². The second kappa shape index (κ2) is 6.48. The lowest BCUT2D eigenvalue weighted by Crippen LogP contribution is -2.30. The molecule has 0 saturated heterocycles. The first-order valence-corrected chi connectivity index (χ1v) is 6.93. The summed E-state index contributed by atoms with van der Waals surface area (Å²) in [7, 11) is 0. The molecule has 2 aromatic rings. The minimum Gasteiger partial charge on any atom is -0.271 e. The molecule has 1 unspecified atom stereocenters. The van der Waals surface area contributed by atoms with Crippen LogP contribution < -0.4 is 11.3 Å². The predicted molar refractivity (Wildman–Crippen MR) is 79.3 cm³/mol. The first kappa shape index (κ1) is 14.5. The highest BCUT2D eigenvalue weighted by Crippen LogP contribution is 2.27. The average Bonchev–Trinajstić information content (AvgIpc) is 2.41. The van der Waals surface area contributed by atoms with Crippen LogP contribution in [0.3, 0.4) is 0 Å². The van der Waals surface area contributed by atoms with Gasteiger partial charge in [-0.25, -0.2) is 4.39 Å². The molecule has 19 heavy (non-hydrogen) atoms. The van der Waals surface area contributed by atoms with Crippen LogP contribution in [0.1, 0.15) is 17.2 Å². The molecule has 0 aliphatic heterocycles. The second-order valence-electron chi connectivity index (χ2n) is 4.18. The van der Waals surface area contributed by atoms with E-state index >= 15 is 0 Å². The fraction of sp³-hybridized carbons (Fsp3) is 0.143. The van der Waals surface area contributed by atoms with Gasteiger partial charge >= 0.3 is 0 Å². The molecule has 2 aromatic carbocycles. The Hall–Kier alpha value is -0.940. The summed E-state index contributed by atoms with van der Waals surface area (Å²) >= 11 is 9.36. The number of nitrogens with one attached hydrogen (secondary N) is 1. The quantitative estimate of drug-likeness (QED) is 0.651. The van der Waals surface area contributed by atoms with Gasteiger partial charge in [-0.2, -0.15) is 0 Å². The van der Waals surface area contributed by atoms with Gasteiger partial charge in [-0.05, 0) is 41.8 Å². The van der Waals surface area contributed by atoms with Gasteiger partial charge in [0.05, 0.1) is 6.04 Å². The zero-order valence-corrected chi connectivity index (χ0v) is 12.4. The van der Waals surface area contributed by atoms with Crippen molar-refractivity contribution in [1.29, 1.82) is 0 Å². The van der Waals surface area contributed by atoms with E-state index in [2.05, 4.69) is 21.4 Å². The third-order valence-electron chi connectivity index (χ3n) is 2.91. The molecule has 2 rings (SSSR count). The normalized spacial score (nSPS) is 12.4. The van der Waals surface area contributed by atoms with Gasteiger partial charge in [0.2, 0.25) is 0 Å². The van der Waals surface area contributed by atoms with Crippen LogP contribution in [0.5, 0.6) is 0 Å². The maximum absolute atomic E-state index is 13.7. The minimum absolute atomic E-state index is 0.191. The molecule has 0 bridgehead atoms. The molecular formula is C14H13BrClFN2. The van der Waals surface area contributed by atoms with Gasteiger partial charge in [0.15, 0.2) is 0 Å². The average molecular weight is 344 g/mol. The van der Waals surface area contributed by atoms with E-state index in [4.69, 9.17) is 17.4 Å². The van der Waals surface area contributed by atoms with E-state index in [1.807, 2.05) is 24.3 Å². The molecule has 0 aliphatic carbocycles. The lowest BCUT2D eigenvalue weighted by atomic mass is 9.99. The Morgan fingerprint density at radius 2 is 2.00 bits per heavy atom. The molecule has 0 fully saturated rings. The van der Waals surface area contributed by atoms with Crippen molar-refractivity contribution < 1.29 is 4.39 Å². The minimum atomic E-state index is -0.281. The fourth-order valence-electron chi connectivity index (χ4n) is 1.94. The summed E-state index contributed by atoms with van der Waals surface area (Å²) in [6, 6.07) is 12.0. The third kappa shape index (κ3) is 3.54. The van der Waals surface area contributed by atoms with Gasteiger partial charge in [-0.3, -0.25) is 11.3 Å². The van der Waals surface area contributed by atoms with Crippen LogP contribution in [0.2, 0.25) is 5.02 Å². The van der Waals surface area contributed by atoms with Crippen LogP contribution in [-0.2, 0) is 6.42 Å². The molecule has 0 aliphatic rings. The molecule has 0 radical (unpaired) electrons. The van der Waals surface area contributed by atoms with Crippen molar-refractivity contribution in [2.24, 2.45) is 5.84 Å². The fourth-order valence-corrected chi connectivity index (χ4v) is 2.69. The molecule has 5 heteroatoms. The molecule has 0 heterocycles. The summed E-state index contributed by atoms with van der Waals surface area (Å²) in [5, 5.41) is 0.513. The molecule has 0 spiro atoms. The molecule has 2 nitrogen and oxygen atoms in total. The van der Waals surface area contributed by atoms with E-state index in [0.29, 0.717) is 17.0 Å². The van der Waals surface area contributed by atoms with Gasteiger partial charge in [-0.1, -0.05) is 45.7 Å². The number of halogens is 3. The van der Waals surface area contributed by atoms with Crippen LogP contribution >= 0.6 is 27.5 Å². The number of hydrogen-bond donors (Lipinski definition) is 2. The summed E-state index contributed by atoms with van der Waals surface area (Å²) in [4.78, 5) is 0. The molecule has 1 atom stereocenters. The Morgan fingerprint density at radius 1 is 1.26 bits per heavy atom. The van der Waals surface area contributed by atoms with Crippen molar-refractivity contribution >= 4 is 27.5 Å². The number of rotatable bonds is 4. The van der Waals surface area contributed by atoms with E-state index in [9.17, 15) is 4.39 Å². The van der Waals surface area contributed by atoms with Crippen LogP contribution in [0.4, 0.5) is 4.39 Å². The Bertz CT molecular complexity index is 577. The molecular weight excluding hydrogens is 331 g/mol. The van der Waals surface area contributed by atoms with E-state index in [0.717, 1.165) is 10.0 Å². The van der Waals surface area contributed by atoms with E-state index in [-0.39, 0.29) is 11.9 Å². The van der Waals surface area contributed by atoms with Crippen LogP contribution in [-0.4, -0.2) is 0 Å². The topological polar surface area (TPSA) is 38.0 Å². The van der Waals surface area contributed by atoms with E-state index in [1.54, 1.807) is 6.07 Å². The first-order valence-electron chi connectivity index (χ1n) is 5.76. The van der Waals surface area contributed by atoms with Crippen molar-refractivity contribution in [3.8, 4) is 0 Å². The standard InChI is InChI=1S/C14H13BrClFN2/c15-12-4-2-1-3-11(12)14(19-18)8-9-7-10(16)5-6-13(9)17/h1-7,14,19H,8,18H2. The monoisotopic (exact) mass is 342 g/mol. The number of benzene rings is 2. The third-order valence-corrected chi connectivity index (χ3v) is 3.87. The number of nitrogens with two attached hydrogens (primary N) is 1. The van der Waals surface area contributed by atoms with Crippen molar-refractivity contribution in [2.45, 2.75) is 12.5 Å². The lowest BCUT2D eigenvalue weighted by Gasteiger charge is -2.18. The highest BCUT2D eigenvalue weighted by Gasteiger charge is 2.15. The number of hydrogen-bond acceptors (Lipinski definition) is 2. The number of hydrazine groups is 1. The Kier molecular flexibility index (Phi) is 4.93. The van der Waals surface area contributed by atoms with Gasteiger partial charge < -0.3 is 0 Å². The largest absolute Gasteiger partial charge is 0.271 e. The zero-order chi connectivity index (χ0) is 13.8. The van der Waals surface area contributed by atoms with Gasteiger partial charge in [0.1, 0.15) is 5.82 Å². The van der Waals surface area contributed by atoms with Crippen LogP contribution in [0.25, 0.3) is 0 Å². The predicted octanol–water partition coefficient (Wildman–Crippen LogP) is 3.99. The van der Waals surface area contributed by atoms with Crippen molar-refractivity contribution in [3.63, 3.8) is 0 Å². The maximum Gasteiger partial charge on any atom is 0.126 e. The molecule has 0 amide bonds. The van der Waals surface area contributed by atoms with Gasteiger partial charge in [0.25, 0.3) is 0 Å². The van der Waals surface area contributed by atoms with Crippen molar-refractivity contribution in [1.82, 2.24) is 5.43 Å². The van der Waals surface area contributed by atoms with E-state index in [1.165, 1.54) is 12.1 Å². The van der Waals surface area contributed by atoms with Crippen LogP contribution in [0.15, 0.2) is 46.9 Å². The molecule has 0 aromatic heterocycles. The summed E-state index contributed by atoms with van der Waals surface area (Å²) < 4.78 is 14.7. The Morgan fingerprint density at radius 3 is 2.68 bits per heavy atom. The summed E-state index contributed by atoms with van der Waals surface area (Å²) in [5.74, 6) is 5.30. The summed E-state index contributed by atoms with van der Waals surface area (Å²) in [5.41, 5.74) is 4.22. The van der Waals surface area contributed by atoms with E-state index < -0.39 is 0 Å². The van der Waals surface area contributed by atoms with Crippen molar-refractivity contribution in [2.75, 3.05) is 0 Å². The van der Waals surface area contributed by atoms with Crippen LogP contribution in [0, 0.1) is 5.82 Å². The highest BCUT2D eigenvalue weighted by molar-refractivity contribution is 9.10. The smallest absolute Gasteiger partial charge is 0.126 e. The lowest BCUT2D eigenvalue weighted by molar-refractivity contribution is 0.527. The maximum atomic E-state index is 13.7. The van der Waals surface area contributed by atoms with Crippen molar-refractivity contribution in [3.05, 3.63) is 68.9 Å². The molecule has 3 N–H and O–H groups in total. The summed E-state index contributed by atoms with van der Waals surface area (Å²) in [6.07, 6.45) is 0.422. The highest BCUT2D eigenvalue weighted by atomic mass is 79.9. The Labute approximate surface area is 124 Å². The first-order chi connectivity index (χ1) is 9.11.